The van der Waals surface area contributed by atoms with Gasteiger partial charge in [0.15, 0.2) is 0 Å². The molecule has 1 saturated carbocycles. The molecular weight excluding hydrogens is 296 g/mol. The molecule has 0 aromatic carbocycles. The van der Waals surface area contributed by atoms with Gasteiger partial charge in [-0.05, 0) is 39.0 Å². The van der Waals surface area contributed by atoms with E-state index in [1.54, 1.807) is 13.8 Å². The molecule has 0 saturated heterocycles. The first-order chi connectivity index (χ1) is 11.0. The molecule has 0 spiro atoms. The maximum absolute atomic E-state index is 12.0. The Bertz CT molecular complexity index is 404. The molecule has 0 radical (unpaired) electrons. The normalized spacial score (nSPS) is 24.0. The van der Waals surface area contributed by atoms with Gasteiger partial charge in [-0.2, -0.15) is 0 Å². The number of aliphatic hydroxyl groups is 1. The highest BCUT2D eigenvalue weighted by molar-refractivity contribution is 5.84. The Morgan fingerprint density at radius 2 is 1.83 bits per heavy atom. The minimum absolute atomic E-state index is 0.0640. The lowest BCUT2D eigenvalue weighted by Gasteiger charge is -2.20. The molecule has 0 bridgehead atoms. The summed E-state index contributed by atoms with van der Waals surface area (Å²) in [6, 6.07) is 0. The van der Waals surface area contributed by atoms with Crippen LogP contribution in [0.1, 0.15) is 71.6 Å². The molecule has 0 heterocycles. The molecule has 5 nitrogen and oxygen atoms in total. The maximum atomic E-state index is 12.0. The van der Waals surface area contributed by atoms with E-state index in [1.165, 1.54) is 0 Å². The Morgan fingerprint density at radius 1 is 1.13 bits per heavy atom. The summed E-state index contributed by atoms with van der Waals surface area (Å²) in [6.45, 7) is 3.77. The smallest absolute Gasteiger partial charge is 0.305 e. The van der Waals surface area contributed by atoms with Crippen LogP contribution in [0.25, 0.3) is 0 Å². The highest BCUT2D eigenvalue weighted by atomic mass is 16.5. The summed E-state index contributed by atoms with van der Waals surface area (Å²) >= 11 is 0. The summed E-state index contributed by atoms with van der Waals surface area (Å²) in [7, 11) is 0. The fraction of sp³-hybridized carbons (Fsp3) is 0.833. The molecule has 1 aliphatic carbocycles. The topological polar surface area (TPSA) is 80.7 Å². The van der Waals surface area contributed by atoms with E-state index in [9.17, 15) is 19.5 Å². The number of Topliss-reactive ketones (excluding diaryl/α,β-unsaturated/α-hetero) is 2. The molecular formula is C18H30O5. The molecule has 1 aliphatic rings. The number of rotatable bonds is 11. The van der Waals surface area contributed by atoms with Crippen molar-refractivity contribution in [3.63, 3.8) is 0 Å². The number of hydrogen-bond acceptors (Lipinski definition) is 5. The van der Waals surface area contributed by atoms with Crippen LogP contribution in [0.3, 0.4) is 0 Å². The van der Waals surface area contributed by atoms with E-state index in [-0.39, 0.29) is 35.8 Å². The van der Waals surface area contributed by atoms with Crippen LogP contribution in [0.5, 0.6) is 0 Å². The molecule has 23 heavy (non-hydrogen) atoms. The zero-order chi connectivity index (χ0) is 17.2. The Hall–Kier alpha value is -1.23. The minimum Gasteiger partial charge on any atom is -0.466 e. The zero-order valence-corrected chi connectivity index (χ0v) is 14.4. The van der Waals surface area contributed by atoms with Crippen molar-refractivity contribution in [2.24, 2.45) is 11.8 Å². The molecule has 1 rings (SSSR count). The summed E-state index contributed by atoms with van der Waals surface area (Å²) in [4.78, 5) is 34.4. The van der Waals surface area contributed by atoms with Gasteiger partial charge < -0.3 is 14.6 Å². The van der Waals surface area contributed by atoms with Crippen LogP contribution in [0.15, 0.2) is 0 Å². The molecule has 1 fully saturated rings. The lowest BCUT2D eigenvalue weighted by Crippen LogP contribution is -2.21. The van der Waals surface area contributed by atoms with E-state index in [2.05, 4.69) is 0 Å². The Kier molecular flexibility index (Phi) is 9.07. The average molecular weight is 326 g/mol. The lowest BCUT2D eigenvalue weighted by molar-refractivity contribution is -0.143. The summed E-state index contributed by atoms with van der Waals surface area (Å²) in [5.41, 5.74) is 0. The van der Waals surface area contributed by atoms with Crippen molar-refractivity contribution in [3.05, 3.63) is 0 Å². The third-order valence-corrected chi connectivity index (χ3v) is 4.62. The second-order valence-electron chi connectivity index (χ2n) is 6.51. The lowest BCUT2D eigenvalue weighted by atomic mass is 9.85. The van der Waals surface area contributed by atoms with Crippen molar-refractivity contribution >= 4 is 17.5 Å². The van der Waals surface area contributed by atoms with E-state index in [1.807, 2.05) is 0 Å². The predicted octanol–water partition coefficient (Wildman–Crippen LogP) is 2.83. The van der Waals surface area contributed by atoms with Crippen LogP contribution in [-0.2, 0) is 19.1 Å². The van der Waals surface area contributed by atoms with E-state index >= 15 is 0 Å². The molecule has 0 aromatic heterocycles. The monoisotopic (exact) mass is 326 g/mol. The van der Waals surface area contributed by atoms with Gasteiger partial charge in [0, 0.05) is 25.2 Å². The second kappa shape index (κ2) is 10.5. The van der Waals surface area contributed by atoms with Crippen LogP contribution in [-0.4, -0.2) is 35.4 Å². The number of ketones is 2. The summed E-state index contributed by atoms with van der Waals surface area (Å²) in [5, 5.41) is 10.0. The van der Waals surface area contributed by atoms with Crippen LogP contribution >= 0.6 is 0 Å². The highest BCUT2D eigenvalue weighted by Crippen LogP contribution is 2.36. The van der Waals surface area contributed by atoms with E-state index in [0.29, 0.717) is 25.9 Å². The third-order valence-electron chi connectivity index (χ3n) is 4.62. The number of aliphatic hydroxyl groups excluding tert-OH is 1. The van der Waals surface area contributed by atoms with Gasteiger partial charge >= 0.3 is 5.97 Å². The standard InChI is InChI=1S/C18H30O5/c1-3-23-18(22)9-7-5-4-6-8-14-15(11-10-13(2)19)17(21)12-16(14)20/h14-15,17,21H,3-12H2,1-2H3/t14-,15-,17-/m0/s1. The number of ether oxygens (including phenoxy) is 1. The highest BCUT2D eigenvalue weighted by Gasteiger charge is 2.40. The molecule has 0 aromatic rings. The first kappa shape index (κ1) is 19.8. The van der Waals surface area contributed by atoms with Gasteiger partial charge in [-0.15, -0.1) is 0 Å². The zero-order valence-electron chi connectivity index (χ0n) is 14.4. The molecule has 5 heteroatoms. The average Bonchev–Trinajstić information content (AvgIpc) is 2.74. The Balaban J connectivity index is 2.24. The van der Waals surface area contributed by atoms with Crippen LogP contribution in [0.4, 0.5) is 0 Å². The summed E-state index contributed by atoms with van der Waals surface area (Å²) in [6.07, 6.45) is 5.57. The van der Waals surface area contributed by atoms with Crippen molar-refractivity contribution in [1.29, 1.82) is 0 Å². The maximum Gasteiger partial charge on any atom is 0.305 e. The van der Waals surface area contributed by atoms with E-state index in [0.717, 1.165) is 32.1 Å². The summed E-state index contributed by atoms with van der Waals surface area (Å²) in [5.74, 6) is -0.0712. The van der Waals surface area contributed by atoms with E-state index < -0.39 is 6.10 Å². The summed E-state index contributed by atoms with van der Waals surface area (Å²) < 4.78 is 4.88. The van der Waals surface area contributed by atoms with E-state index in [4.69, 9.17) is 4.74 Å². The van der Waals surface area contributed by atoms with Crippen LogP contribution in [0, 0.1) is 11.8 Å². The SMILES string of the molecule is CCOC(=O)CCCCCC[C@@H]1C(=O)C[C@H](O)[C@H]1CCC(C)=O. The van der Waals surface area contributed by atoms with Gasteiger partial charge in [-0.3, -0.25) is 9.59 Å². The van der Waals surface area contributed by atoms with Crippen molar-refractivity contribution in [1.82, 2.24) is 0 Å². The van der Waals surface area contributed by atoms with Crippen LogP contribution in [0.2, 0.25) is 0 Å². The first-order valence-corrected chi connectivity index (χ1v) is 8.81. The Morgan fingerprint density at radius 3 is 2.48 bits per heavy atom. The van der Waals surface area contributed by atoms with Crippen molar-refractivity contribution in [3.8, 4) is 0 Å². The van der Waals surface area contributed by atoms with Crippen molar-refractivity contribution < 1.29 is 24.2 Å². The van der Waals surface area contributed by atoms with Gasteiger partial charge in [0.25, 0.3) is 0 Å². The second-order valence-corrected chi connectivity index (χ2v) is 6.51. The molecule has 3 atom stereocenters. The van der Waals surface area contributed by atoms with Crippen LogP contribution < -0.4 is 0 Å². The largest absolute Gasteiger partial charge is 0.466 e. The van der Waals surface area contributed by atoms with Gasteiger partial charge in [0.05, 0.1) is 12.7 Å². The van der Waals surface area contributed by atoms with Gasteiger partial charge in [0.1, 0.15) is 11.6 Å². The number of carbonyl (C=O) groups is 3. The van der Waals surface area contributed by atoms with Crippen molar-refractivity contribution in [2.45, 2.75) is 77.7 Å². The fourth-order valence-corrected chi connectivity index (χ4v) is 3.37. The number of unbranched alkanes of at least 4 members (excludes halogenated alkanes) is 3. The first-order valence-electron chi connectivity index (χ1n) is 8.81. The molecule has 0 unspecified atom stereocenters. The van der Waals surface area contributed by atoms with Gasteiger partial charge in [0.2, 0.25) is 0 Å². The molecule has 0 aliphatic heterocycles. The number of carbonyl (C=O) groups excluding carboxylic acids is 3. The number of esters is 1. The third kappa shape index (κ3) is 7.25. The quantitative estimate of drug-likeness (QED) is 0.466. The Labute approximate surface area is 138 Å². The van der Waals surface area contributed by atoms with Crippen molar-refractivity contribution in [2.75, 3.05) is 6.61 Å². The number of hydrogen-bond donors (Lipinski definition) is 1. The molecule has 132 valence electrons. The fourth-order valence-electron chi connectivity index (χ4n) is 3.37. The molecule has 1 N–H and O–H groups in total. The molecule has 0 amide bonds. The van der Waals surface area contributed by atoms with Gasteiger partial charge in [-0.25, -0.2) is 0 Å². The van der Waals surface area contributed by atoms with Gasteiger partial charge in [-0.1, -0.05) is 19.3 Å². The minimum atomic E-state index is -0.587. The predicted molar refractivity (Wildman–Crippen MR) is 86.9 cm³/mol.